The van der Waals surface area contributed by atoms with Crippen molar-refractivity contribution < 1.29 is 4.79 Å². The van der Waals surface area contributed by atoms with Crippen molar-refractivity contribution in [2.24, 2.45) is 5.10 Å². The van der Waals surface area contributed by atoms with E-state index in [4.69, 9.17) is 5.10 Å². The highest BCUT2D eigenvalue weighted by molar-refractivity contribution is 7.15. The number of hydrazone groups is 1. The summed E-state index contributed by atoms with van der Waals surface area (Å²) in [5.41, 5.74) is 9.16. The third-order valence-corrected chi connectivity index (χ3v) is 8.95. The number of carbonyl (C=O) groups excluding carboxylic acids is 1. The Balaban J connectivity index is 1.39. The van der Waals surface area contributed by atoms with Gasteiger partial charge < -0.3 is 9.88 Å². The number of anilines is 3. The van der Waals surface area contributed by atoms with Crippen molar-refractivity contribution in [3.8, 4) is 5.00 Å². The Kier molecular flexibility index (Phi) is 7.57. The smallest absolute Gasteiger partial charge is 0.258 e. The number of nitrogens with zero attached hydrogens (tertiary/aromatic N) is 3. The zero-order valence-electron chi connectivity index (χ0n) is 23.7. The molecule has 0 spiro atoms. The fraction of sp³-hybridized carbons (Fsp3) is 0.200. The van der Waals surface area contributed by atoms with Gasteiger partial charge in [-0.1, -0.05) is 54.1 Å². The van der Waals surface area contributed by atoms with Crippen molar-refractivity contribution in [3.63, 3.8) is 0 Å². The lowest BCUT2D eigenvalue weighted by atomic mass is 9.95. The second-order valence-electron chi connectivity index (χ2n) is 10.6. The van der Waals surface area contributed by atoms with E-state index in [1.54, 1.807) is 11.3 Å². The van der Waals surface area contributed by atoms with E-state index in [1.807, 2.05) is 71.9 Å². The lowest BCUT2D eigenvalue weighted by Gasteiger charge is -2.19. The number of hydrogen-bond acceptors (Lipinski definition) is 4. The molecule has 0 bridgehead atoms. The summed E-state index contributed by atoms with van der Waals surface area (Å²) in [6, 6.07) is 30.5. The van der Waals surface area contributed by atoms with E-state index in [0.29, 0.717) is 0 Å². The van der Waals surface area contributed by atoms with Crippen LogP contribution in [0.2, 0.25) is 0 Å². The van der Waals surface area contributed by atoms with Gasteiger partial charge in [0.2, 0.25) is 0 Å². The molecule has 0 radical (unpaired) electrons. The monoisotopic (exact) mass is 558 g/mol. The maximum absolute atomic E-state index is 13.8. The molecule has 1 amide bonds. The average molecular weight is 559 g/mol. The van der Waals surface area contributed by atoms with Crippen molar-refractivity contribution in [1.29, 1.82) is 0 Å². The number of benzene rings is 3. The molecule has 0 saturated carbocycles. The van der Waals surface area contributed by atoms with Crippen LogP contribution >= 0.6 is 11.3 Å². The normalized spacial score (nSPS) is 12.9. The molecule has 5 nitrogen and oxygen atoms in total. The van der Waals surface area contributed by atoms with Crippen molar-refractivity contribution in [2.45, 2.75) is 46.5 Å². The van der Waals surface area contributed by atoms with Crippen LogP contribution in [-0.4, -0.2) is 16.7 Å². The Morgan fingerprint density at radius 3 is 2.17 bits per heavy atom. The molecule has 41 heavy (non-hydrogen) atoms. The Morgan fingerprint density at radius 1 is 0.878 bits per heavy atom. The summed E-state index contributed by atoms with van der Waals surface area (Å²) in [7, 11) is 0. The van der Waals surface area contributed by atoms with Gasteiger partial charge in [-0.25, -0.2) is 5.01 Å². The minimum Gasteiger partial charge on any atom is -0.322 e. The second kappa shape index (κ2) is 11.6. The molecular formula is C35H34N4OS. The van der Waals surface area contributed by atoms with Gasteiger partial charge in [-0.3, -0.25) is 4.79 Å². The third-order valence-electron chi connectivity index (χ3n) is 7.68. The highest BCUT2D eigenvalue weighted by atomic mass is 32.1. The van der Waals surface area contributed by atoms with Gasteiger partial charge in [-0.2, -0.15) is 5.10 Å². The van der Waals surface area contributed by atoms with Crippen LogP contribution in [0.25, 0.3) is 5.00 Å². The molecule has 0 atom stereocenters. The summed E-state index contributed by atoms with van der Waals surface area (Å²) in [4.78, 5) is 15.2. The zero-order valence-corrected chi connectivity index (χ0v) is 24.5. The average Bonchev–Trinajstić information content (AvgIpc) is 3.51. The fourth-order valence-electron chi connectivity index (χ4n) is 5.55. The molecule has 206 valence electrons. The van der Waals surface area contributed by atoms with Crippen LogP contribution in [0.3, 0.4) is 0 Å². The van der Waals surface area contributed by atoms with Gasteiger partial charge in [0.05, 0.1) is 23.2 Å². The van der Waals surface area contributed by atoms with E-state index in [0.717, 1.165) is 63.8 Å². The van der Waals surface area contributed by atoms with Gasteiger partial charge in [0.1, 0.15) is 5.00 Å². The van der Waals surface area contributed by atoms with Gasteiger partial charge in [0, 0.05) is 27.5 Å². The van der Waals surface area contributed by atoms with Gasteiger partial charge in [-0.05, 0) is 94.5 Å². The van der Waals surface area contributed by atoms with E-state index in [1.165, 1.54) is 22.4 Å². The van der Waals surface area contributed by atoms with Crippen LogP contribution in [0.15, 0.2) is 96.1 Å². The second-order valence-corrected chi connectivity index (χ2v) is 11.7. The first-order chi connectivity index (χ1) is 20.0. The molecule has 0 saturated heterocycles. The summed E-state index contributed by atoms with van der Waals surface area (Å²) in [5, 5.41) is 11.1. The van der Waals surface area contributed by atoms with Crippen LogP contribution in [0, 0.1) is 20.8 Å². The predicted octanol–water partition coefficient (Wildman–Crippen LogP) is 8.77. The van der Waals surface area contributed by atoms with E-state index in [9.17, 15) is 4.79 Å². The van der Waals surface area contributed by atoms with Gasteiger partial charge in [0.25, 0.3) is 5.91 Å². The van der Waals surface area contributed by atoms with Crippen molar-refractivity contribution >= 4 is 40.5 Å². The van der Waals surface area contributed by atoms with Crippen molar-refractivity contribution in [1.82, 2.24) is 4.57 Å². The van der Waals surface area contributed by atoms with Gasteiger partial charge >= 0.3 is 0 Å². The highest BCUT2D eigenvalue weighted by Gasteiger charge is 2.28. The first-order valence-corrected chi connectivity index (χ1v) is 15.0. The molecule has 6 rings (SSSR count). The molecule has 2 aromatic heterocycles. The summed E-state index contributed by atoms with van der Waals surface area (Å²) in [6.07, 6.45) is 6.19. The highest BCUT2D eigenvalue weighted by Crippen LogP contribution is 2.39. The van der Waals surface area contributed by atoms with Crippen LogP contribution in [0.5, 0.6) is 0 Å². The van der Waals surface area contributed by atoms with Crippen LogP contribution in [-0.2, 0) is 12.8 Å². The summed E-state index contributed by atoms with van der Waals surface area (Å²) < 4.78 is 2.24. The quantitative estimate of drug-likeness (QED) is 0.160. The van der Waals surface area contributed by atoms with Gasteiger partial charge in [0.15, 0.2) is 0 Å². The molecule has 1 aliphatic carbocycles. The third kappa shape index (κ3) is 5.48. The molecule has 5 aromatic rings. The Hall–Kier alpha value is -4.42. The predicted molar refractivity (Wildman–Crippen MR) is 172 cm³/mol. The number of hydrogen-bond donors (Lipinski definition) is 1. The van der Waals surface area contributed by atoms with Crippen LogP contribution in [0.4, 0.5) is 17.1 Å². The minimum absolute atomic E-state index is 0.0368. The number of aryl methyl sites for hydroxylation is 3. The Bertz CT molecular complexity index is 1660. The van der Waals surface area contributed by atoms with E-state index in [-0.39, 0.29) is 5.91 Å². The number of aromatic nitrogens is 1. The number of carbonyl (C=O) groups is 1. The summed E-state index contributed by atoms with van der Waals surface area (Å²) in [6.45, 7) is 6.28. The molecular weight excluding hydrogens is 524 g/mol. The zero-order chi connectivity index (χ0) is 28.3. The topological polar surface area (TPSA) is 49.6 Å². The number of para-hydroxylation sites is 2. The molecule has 0 fully saturated rings. The standard InChI is InChI=1S/C35H34N4OS/c1-24-18-20-28(21-19-24)37-34(40)33-31-16-10-11-17-32(31)41-35(33)38-25(2)22-27(26(38)3)23-36-39(29-12-6-4-7-13-29)30-14-8-5-9-15-30/h4-9,12-15,18-23H,10-11,16-17H2,1-3H3,(H,37,40)/b36-23-. The lowest BCUT2D eigenvalue weighted by molar-refractivity contribution is 0.102. The van der Waals surface area contributed by atoms with Crippen LogP contribution < -0.4 is 10.3 Å². The first-order valence-electron chi connectivity index (χ1n) is 14.2. The number of thiophene rings is 1. The van der Waals surface area contributed by atoms with E-state index < -0.39 is 0 Å². The molecule has 0 unspecified atom stereocenters. The Labute approximate surface area is 245 Å². The SMILES string of the molecule is Cc1ccc(NC(=O)c2c(-n3c(C)cc(/C=N\N(c4ccccc4)c4ccccc4)c3C)sc3c2CCCC3)cc1. The number of rotatable bonds is 7. The summed E-state index contributed by atoms with van der Waals surface area (Å²) >= 11 is 1.76. The fourth-order valence-corrected chi connectivity index (χ4v) is 7.04. The van der Waals surface area contributed by atoms with Gasteiger partial charge in [-0.15, -0.1) is 11.3 Å². The van der Waals surface area contributed by atoms with Crippen molar-refractivity contribution in [3.05, 3.63) is 130 Å². The number of fused-ring (bicyclic) bond motifs is 1. The first kappa shape index (κ1) is 26.8. The Morgan fingerprint density at radius 2 is 1.51 bits per heavy atom. The number of nitrogens with one attached hydrogen (secondary N) is 1. The minimum atomic E-state index is -0.0368. The largest absolute Gasteiger partial charge is 0.322 e. The number of amides is 1. The molecule has 1 N–H and O–H groups in total. The molecule has 2 heterocycles. The van der Waals surface area contributed by atoms with E-state index in [2.05, 4.69) is 61.0 Å². The van der Waals surface area contributed by atoms with Crippen molar-refractivity contribution in [2.75, 3.05) is 10.3 Å². The summed E-state index contributed by atoms with van der Waals surface area (Å²) in [5.74, 6) is -0.0368. The molecule has 1 aliphatic rings. The molecule has 3 aromatic carbocycles. The molecule has 0 aliphatic heterocycles. The maximum atomic E-state index is 13.8. The lowest BCUT2D eigenvalue weighted by Crippen LogP contribution is -2.17. The molecule has 6 heteroatoms. The van der Waals surface area contributed by atoms with Crippen LogP contribution in [0.1, 0.15) is 56.2 Å². The van der Waals surface area contributed by atoms with E-state index >= 15 is 0 Å². The maximum Gasteiger partial charge on any atom is 0.258 e.